The average molecular weight is 684 g/mol. The van der Waals surface area contributed by atoms with E-state index in [0.29, 0.717) is 0 Å². The molecule has 0 bridgehead atoms. The summed E-state index contributed by atoms with van der Waals surface area (Å²) in [5, 5.41) is 84.9. The van der Waals surface area contributed by atoms with E-state index in [4.69, 9.17) is 59.4 Å². The van der Waals surface area contributed by atoms with E-state index in [1.165, 1.54) is 0 Å². The first-order valence-electron chi connectivity index (χ1n) is 13.8. The molecule has 4 unspecified atom stereocenters. The number of nitrogens with two attached hydrogens (primary N) is 4. The first kappa shape index (κ1) is 39.9. The SMILES string of the molecule is NCC[C@H](O)C(=O)N[C@H]1C[C@@H](N)[C@H](O[C@H]2OC(CO)[C@@H](O)[C@@H](N)C2O)[C@@H](O)[C@@H]1O[C@@H]1OC(CN)[C@@H](O)[C@@H](O)C1O.O=S(=O)(O)O. The number of amides is 1. The molecule has 1 aliphatic carbocycles. The van der Waals surface area contributed by atoms with E-state index < -0.39 is 121 Å². The maximum Gasteiger partial charge on any atom is 0.394 e. The van der Waals surface area contributed by atoms with Crippen LogP contribution in [0.25, 0.3) is 0 Å². The molecule has 22 nitrogen and oxygen atoms in total. The van der Waals surface area contributed by atoms with E-state index in [9.17, 15) is 45.6 Å². The molecule has 0 spiro atoms. The van der Waals surface area contributed by atoms with Crippen molar-refractivity contribution in [3.05, 3.63) is 0 Å². The first-order chi connectivity index (χ1) is 20.9. The van der Waals surface area contributed by atoms with Crippen molar-refractivity contribution in [2.24, 2.45) is 22.9 Å². The number of hydrogen-bond acceptors (Lipinski definition) is 19. The minimum Gasteiger partial charge on any atom is -0.394 e. The third-order valence-electron chi connectivity index (χ3n) is 7.51. The quantitative estimate of drug-likeness (QED) is 0.0950. The van der Waals surface area contributed by atoms with Crippen LogP contribution in [-0.2, 0) is 34.1 Å². The van der Waals surface area contributed by atoms with Gasteiger partial charge in [0.25, 0.3) is 0 Å². The van der Waals surface area contributed by atoms with Gasteiger partial charge in [-0.1, -0.05) is 0 Å². The van der Waals surface area contributed by atoms with Crippen LogP contribution in [0.3, 0.4) is 0 Å². The summed E-state index contributed by atoms with van der Waals surface area (Å²) < 4.78 is 54.1. The van der Waals surface area contributed by atoms with Crippen LogP contribution in [0.2, 0.25) is 0 Å². The molecular weight excluding hydrogens is 638 g/mol. The van der Waals surface area contributed by atoms with Crippen molar-refractivity contribution in [1.82, 2.24) is 5.32 Å². The smallest absolute Gasteiger partial charge is 0.394 e. The summed E-state index contributed by atoms with van der Waals surface area (Å²) in [7, 11) is -4.67. The molecule has 2 heterocycles. The van der Waals surface area contributed by atoms with Gasteiger partial charge in [0.05, 0.1) is 18.7 Å². The van der Waals surface area contributed by atoms with Crippen LogP contribution >= 0.6 is 0 Å². The number of nitrogens with one attached hydrogen (secondary N) is 1. The van der Waals surface area contributed by atoms with E-state index in [1.54, 1.807) is 0 Å². The summed E-state index contributed by atoms with van der Waals surface area (Å²) in [6.07, 6.45) is -19.9. The van der Waals surface area contributed by atoms with E-state index in [0.717, 1.165) is 0 Å². The summed E-state index contributed by atoms with van der Waals surface area (Å²) in [5.41, 5.74) is 23.1. The number of ether oxygens (including phenoxy) is 4. The second-order valence-corrected chi connectivity index (χ2v) is 11.7. The Balaban J connectivity index is 0.00000130. The molecular formula is C22H45N5O17S. The molecule has 0 aromatic heterocycles. The molecule has 16 atom stereocenters. The van der Waals surface area contributed by atoms with Gasteiger partial charge in [0.15, 0.2) is 12.6 Å². The molecule has 2 saturated heterocycles. The van der Waals surface area contributed by atoms with E-state index in [-0.39, 0.29) is 25.9 Å². The number of aliphatic hydroxyl groups excluding tert-OH is 8. The van der Waals surface area contributed by atoms with Gasteiger partial charge in [-0.25, -0.2) is 0 Å². The van der Waals surface area contributed by atoms with Gasteiger partial charge in [-0.15, -0.1) is 0 Å². The lowest BCUT2D eigenvalue weighted by Gasteiger charge is -2.49. The fraction of sp³-hybridized carbons (Fsp3) is 0.955. The Kier molecular flexibility index (Phi) is 15.2. The van der Waals surface area contributed by atoms with Crippen LogP contribution in [0.15, 0.2) is 0 Å². The zero-order valence-electron chi connectivity index (χ0n) is 23.8. The van der Waals surface area contributed by atoms with Gasteiger partial charge in [-0.2, -0.15) is 8.42 Å². The van der Waals surface area contributed by atoms with Gasteiger partial charge in [0.1, 0.15) is 67.1 Å². The Morgan fingerprint density at radius 1 is 0.844 bits per heavy atom. The van der Waals surface area contributed by atoms with Gasteiger partial charge in [0.2, 0.25) is 5.91 Å². The highest BCUT2D eigenvalue weighted by Gasteiger charge is 2.52. The molecule has 1 amide bonds. The van der Waals surface area contributed by atoms with Crippen molar-refractivity contribution in [2.45, 2.75) is 111 Å². The number of rotatable bonds is 10. The number of hydrogen-bond donors (Lipinski definition) is 15. The van der Waals surface area contributed by atoms with Gasteiger partial charge in [-0.3, -0.25) is 13.9 Å². The highest BCUT2D eigenvalue weighted by Crippen LogP contribution is 2.32. The summed E-state index contributed by atoms with van der Waals surface area (Å²) in [6.45, 7) is -0.899. The lowest BCUT2D eigenvalue weighted by molar-refractivity contribution is -0.332. The summed E-state index contributed by atoms with van der Waals surface area (Å²) >= 11 is 0. The molecule has 0 radical (unpaired) electrons. The van der Waals surface area contributed by atoms with Crippen molar-refractivity contribution in [1.29, 1.82) is 0 Å². The highest BCUT2D eigenvalue weighted by molar-refractivity contribution is 7.79. The van der Waals surface area contributed by atoms with Gasteiger partial charge >= 0.3 is 10.4 Å². The minimum atomic E-state index is -4.67. The van der Waals surface area contributed by atoms with Crippen LogP contribution < -0.4 is 28.3 Å². The zero-order valence-corrected chi connectivity index (χ0v) is 24.6. The largest absolute Gasteiger partial charge is 0.394 e. The molecule has 0 aromatic rings. The molecule has 3 aliphatic rings. The van der Waals surface area contributed by atoms with Crippen LogP contribution in [0, 0.1) is 0 Å². The standard InChI is InChI=1S/C22H43N5O13.H2O4S/c23-2-1-8(29)20(36)27-7-3-6(25)18(39-21-14(32)11(26)12(30)10(5-28)38-21)17(35)19(7)40-22-16(34)15(33)13(31)9(4-24)37-22;1-5(2,3)4/h6-19,21-22,28-35H,1-5,23-26H2,(H,27,36);(H2,1,2,3,4)/t6-,7+,8+,9?,10?,11-,12-,13-,14?,15-,16?,17-,18+,19-,21-,22+;/m1./s1. The summed E-state index contributed by atoms with van der Waals surface area (Å²) in [4.78, 5) is 12.6. The Bertz CT molecular complexity index is 1020. The molecule has 1 saturated carbocycles. The summed E-state index contributed by atoms with van der Waals surface area (Å²) in [6, 6.07) is -3.42. The van der Waals surface area contributed by atoms with Crippen molar-refractivity contribution in [3.8, 4) is 0 Å². The van der Waals surface area contributed by atoms with Crippen molar-refractivity contribution in [3.63, 3.8) is 0 Å². The molecule has 266 valence electrons. The Hall–Kier alpha value is -1.30. The molecule has 0 aromatic carbocycles. The predicted molar refractivity (Wildman–Crippen MR) is 146 cm³/mol. The minimum absolute atomic E-state index is 0.00934. The van der Waals surface area contributed by atoms with E-state index >= 15 is 0 Å². The van der Waals surface area contributed by atoms with Crippen LogP contribution in [0.5, 0.6) is 0 Å². The third-order valence-corrected chi connectivity index (χ3v) is 7.51. The lowest BCUT2D eigenvalue weighted by atomic mass is 9.83. The normalized spacial score (nSPS) is 43.1. The van der Waals surface area contributed by atoms with Gasteiger partial charge in [-0.05, 0) is 19.4 Å². The topological polar surface area (TPSA) is 407 Å². The summed E-state index contributed by atoms with van der Waals surface area (Å²) in [5.74, 6) is -0.847. The maximum absolute atomic E-state index is 12.6. The van der Waals surface area contributed by atoms with Crippen LogP contribution in [-0.4, -0.2) is 182 Å². The third kappa shape index (κ3) is 10.6. The van der Waals surface area contributed by atoms with Crippen molar-refractivity contribution < 1.29 is 82.1 Å². The fourth-order valence-electron chi connectivity index (χ4n) is 5.07. The van der Waals surface area contributed by atoms with Gasteiger partial charge in [0, 0.05) is 12.6 Å². The van der Waals surface area contributed by atoms with Gasteiger partial charge < -0.3 is 88.1 Å². The highest BCUT2D eigenvalue weighted by atomic mass is 32.3. The van der Waals surface area contributed by atoms with Crippen LogP contribution in [0.1, 0.15) is 12.8 Å². The predicted octanol–water partition coefficient (Wildman–Crippen LogP) is -9.08. The van der Waals surface area contributed by atoms with E-state index in [1.807, 2.05) is 0 Å². The maximum atomic E-state index is 12.6. The first-order valence-corrected chi connectivity index (χ1v) is 15.2. The van der Waals surface area contributed by atoms with E-state index in [2.05, 4.69) is 5.32 Å². The monoisotopic (exact) mass is 683 g/mol. The molecule has 2 aliphatic heterocycles. The number of carbonyl (C=O) groups is 1. The Morgan fingerprint density at radius 2 is 1.38 bits per heavy atom. The molecule has 23 heteroatoms. The zero-order chi connectivity index (χ0) is 34.4. The average Bonchev–Trinajstić information content (AvgIpc) is 2.96. The molecule has 19 N–H and O–H groups in total. The second kappa shape index (κ2) is 17.2. The fourth-order valence-corrected chi connectivity index (χ4v) is 5.07. The number of aliphatic hydroxyl groups is 8. The number of carbonyl (C=O) groups excluding carboxylic acids is 1. The van der Waals surface area contributed by atoms with Crippen molar-refractivity contribution in [2.75, 3.05) is 19.7 Å². The molecule has 3 rings (SSSR count). The lowest BCUT2D eigenvalue weighted by Crippen LogP contribution is -2.69. The molecule has 45 heavy (non-hydrogen) atoms. The Morgan fingerprint density at radius 3 is 1.91 bits per heavy atom. The molecule has 3 fully saturated rings. The van der Waals surface area contributed by atoms with Crippen LogP contribution in [0.4, 0.5) is 0 Å². The Labute approximate surface area is 257 Å². The second-order valence-electron chi connectivity index (χ2n) is 10.8. The van der Waals surface area contributed by atoms with Crippen molar-refractivity contribution >= 4 is 16.3 Å².